The maximum atomic E-state index is 12.2. The number of aryl methyl sites for hydroxylation is 1. The Hall–Kier alpha value is -1.84. The number of nitrogens with zero attached hydrogens (tertiary/aromatic N) is 2. The lowest BCUT2D eigenvalue weighted by Gasteiger charge is -2.15. The fourth-order valence-corrected chi connectivity index (χ4v) is 2.57. The minimum atomic E-state index is -0.376. The van der Waals surface area contributed by atoms with Crippen LogP contribution in [0.4, 0.5) is 10.2 Å². The van der Waals surface area contributed by atoms with Gasteiger partial charge in [0.25, 0.3) is 0 Å². The average molecular weight is 273 g/mol. The molecule has 1 aromatic heterocycles. The number of benzene rings is 1. The third-order valence-electron chi connectivity index (χ3n) is 3.98. The van der Waals surface area contributed by atoms with Gasteiger partial charge in [0.1, 0.15) is 12.5 Å². The molecule has 1 aliphatic carbocycles. The van der Waals surface area contributed by atoms with Gasteiger partial charge in [-0.2, -0.15) is 5.10 Å². The molecule has 0 spiro atoms. The molecule has 0 radical (unpaired) electrons. The highest BCUT2D eigenvalue weighted by Crippen LogP contribution is 2.48. The Morgan fingerprint density at radius 3 is 2.70 bits per heavy atom. The smallest absolute Gasteiger partial charge is 0.148 e. The predicted molar refractivity (Wildman–Crippen MR) is 78.5 cm³/mol. The molecule has 1 fully saturated rings. The Bertz CT molecular complexity index is 546. The van der Waals surface area contributed by atoms with Crippen LogP contribution in [0.25, 0.3) is 0 Å². The predicted octanol–water partition coefficient (Wildman–Crippen LogP) is 3.29. The van der Waals surface area contributed by atoms with E-state index < -0.39 is 0 Å². The first-order valence-electron chi connectivity index (χ1n) is 7.17. The summed E-state index contributed by atoms with van der Waals surface area (Å²) >= 11 is 0. The number of alkyl halides is 1. The summed E-state index contributed by atoms with van der Waals surface area (Å²) in [5.74, 6) is 0.845. The van der Waals surface area contributed by atoms with Crippen LogP contribution in [0.1, 0.15) is 18.4 Å². The van der Waals surface area contributed by atoms with E-state index >= 15 is 0 Å². The van der Waals surface area contributed by atoms with Gasteiger partial charge in [-0.25, -0.2) is 4.39 Å². The molecule has 1 saturated carbocycles. The van der Waals surface area contributed by atoms with E-state index in [-0.39, 0.29) is 6.67 Å². The van der Waals surface area contributed by atoms with E-state index in [1.165, 1.54) is 18.4 Å². The third-order valence-corrected chi connectivity index (χ3v) is 3.98. The van der Waals surface area contributed by atoms with Crippen LogP contribution in [0.15, 0.2) is 42.6 Å². The number of nitrogens with one attached hydrogen (secondary N) is 1. The maximum Gasteiger partial charge on any atom is 0.148 e. The molecule has 0 saturated heterocycles. The molecular formula is C16H20FN3. The van der Waals surface area contributed by atoms with Crippen LogP contribution in [0.5, 0.6) is 0 Å². The van der Waals surface area contributed by atoms with Crippen LogP contribution < -0.4 is 5.32 Å². The maximum absolute atomic E-state index is 12.2. The second-order valence-corrected chi connectivity index (χ2v) is 5.67. The van der Waals surface area contributed by atoms with Crippen LogP contribution in [-0.4, -0.2) is 23.0 Å². The summed E-state index contributed by atoms with van der Waals surface area (Å²) < 4.78 is 13.9. The quantitative estimate of drug-likeness (QED) is 0.839. The van der Waals surface area contributed by atoms with Crippen molar-refractivity contribution in [3.8, 4) is 0 Å². The number of anilines is 1. The Morgan fingerprint density at radius 2 is 2.00 bits per heavy atom. The van der Waals surface area contributed by atoms with Crippen molar-refractivity contribution in [3.05, 3.63) is 48.2 Å². The van der Waals surface area contributed by atoms with Gasteiger partial charge in [-0.1, -0.05) is 30.3 Å². The van der Waals surface area contributed by atoms with Crippen molar-refractivity contribution in [1.82, 2.24) is 9.78 Å². The highest BCUT2D eigenvalue weighted by atomic mass is 19.1. The van der Waals surface area contributed by atoms with Gasteiger partial charge in [-0.15, -0.1) is 0 Å². The zero-order valence-electron chi connectivity index (χ0n) is 11.6. The average Bonchev–Trinajstić information content (AvgIpc) is 3.08. The number of halogens is 1. The summed E-state index contributed by atoms with van der Waals surface area (Å²) in [4.78, 5) is 0. The van der Waals surface area contributed by atoms with Gasteiger partial charge in [0.15, 0.2) is 0 Å². The lowest BCUT2D eigenvalue weighted by Crippen LogP contribution is -2.18. The lowest BCUT2D eigenvalue weighted by molar-refractivity contribution is 0.427. The molecule has 20 heavy (non-hydrogen) atoms. The van der Waals surface area contributed by atoms with Gasteiger partial charge in [0, 0.05) is 18.8 Å². The first-order valence-corrected chi connectivity index (χ1v) is 7.17. The van der Waals surface area contributed by atoms with E-state index in [9.17, 15) is 4.39 Å². The molecule has 106 valence electrons. The molecule has 0 bridgehead atoms. The van der Waals surface area contributed by atoms with Crippen LogP contribution >= 0.6 is 0 Å². The Morgan fingerprint density at radius 1 is 1.20 bits per heavy atom. The Balaban J connectivity index is 1.54. The van der Waals surface area contributed by atoms with Crippen molar-refractivity contribution in [3.63, 3.8) is 0 Å². The SMILES string of the molecule is FCCn1ccc(NCC2(Cc3ccccc3)CC2)n1. The molecule has 0 aliphatic heterocycles. The van der Waals surface area contributed by atoms with Gasteiger partial charge >= 0.3 is 0 Å². The number of hydrogen-bond acceptors (Lipinski definition) is 2. The molecule has 0 unspecified atom stereocenters. The summed E-state index contributed by atoms with van der Waals surface area (Å²) in [5.41, 5.74) is 1.78. The number of hydrogen-bond donors (Lipinski definition) is 1. The highest BCUT2D eigenvalue weighted by Gasteiger charge is 2.42. The molecular weight excluding hydrogens is 253 g/mol. The van der Waals surface area contributed by atoms with Crippen LogP contribution in [0, 0.1) is 5.41 Å². The number of aromatic nitrogens is 2. The first kappa shape index (κ1) is 13.2. The van der Waals surface area contributed by atoms with E-state index in [1.807, 2.05) is 12.3 Å². The van der Waals surface area contributed by atoms with Crippen molar-refractivity contribution in [2.45, 2.75) is 25.8 Å². The minimum Gasteiger partial charge on any atom is -0.368 e. The van der Waals surface area contributed by atoms with E-state index in [0.29, 0.717) is 12.0 Å². The standard InChI is InChI=1S/C16H20FN3/c17-9-11-20-10-6-15(19-20)18-13-16(7-8-16)12-14-4-2-1-3-5-14/h1-6,10H,7-9,11-13H2,(H,18,19). The van der Waals surface area contributed by atoms with E-state index in [2.05, 4.69) is 40.7 Å². The summed E-state index contributed by atoms with van der Waals surface area (Å²) in [5, 5.41) is 7.70. The van der Waals surface area contributed by atoms with Gasteiger partial charge < -0.3 is 5.32 Å². The molecule has 1 aliphatic rings. The normalized spacial score (nSPS) is 16.1. The zero-order valence-corrected chi connectivity index (χ0v) is 11.6. The molecule has 4 heteroatoms. The van der Waals surface area contributed by atoms with Crippen molar-refractivity contribution >= 4 is 5.82 Å². The first-order chi connectivity index (χ1) is 9.80. The highest BCUT2D eigenvalue weighted by molar-refractivity contribution is 5.33. The molecule has 1 aromatic carbocycles. The Labute approximate surface area is 118 Å². The molecule has 2 aromatic rings. The largest absolute Gasteiger partial charge is 0.368 e. The van der Waals surface area contributed by atoms with Crippen LogP contribution in [-0.2, 0) is 13.0 Å². The second kappa shape index (κ2) is 5.65. The summed E-state index contributed by atoms with van der Waals surface area (Å²) in [7, 11) is 0. The van der Waals surface area contributed by atoms with E-state index in [1.54, 1.807) is 4.68 Å². The lowest BCUT2D eigenvalue weighted by atomic mass is 9.96. The van der Waals surface area contributed by atoms with Crippen molar-refractivity contribution in [2.75, 3.05) is 18.5 Å². The van der Waals surface area contributed by atoms with E-state index in [4.69, 9.17) is 0 Å². The van der Waals surface area contributed by atoms with Gasteiger partial charge in [-0.05, 0) is 30.2 Å². The molecule has 3 nitrogen and oxygen atoms in total. The van der Waals surface area contributed by atoms with Crippen molar-refractivity contribution < 1.29 is 4.39 Å². The summed E-state index contributed by atoms with van der Waals surface area (Å²) in [6.45, 7) is 0.893. The molecule has 1 N–H and O–H groups in total. The summed E-state index contributed by atoms with van der Waals surface area (Å²) in [6, 6.07) is 12.5. The van der Waals surface area contributed by atoms with Crippen molar-refractivity contribution in [1.29, 1.82) is 0 Å². The fraction of sp³-hybridized carbons (Fsp3) is 0.438. The fourth-order valence-electron chi connectivity index (χ4n) is 2.57. The van der Waals surface area contributed by atoms with Crippen LogP contribution in [0.2, 0.25) is 0 Å². The molecule has 0 atom stereocenters. The van der Waals surface area contributed by atoms with E-state index in [0.717, 1.165) is 18.8 Å². The topological polar surface area (TPSA) is 29.9 Å². The molecule has 0 amide bonds. The van der Waals surface area contributed by atoms with Gasteiger partial charge in [0.2, 0.25) is 0 Å². The summed E-state index contributed by atoms with van der Waals surface area (Å²) in [6.07, 6.45) is 5.46. The van der Waals surface area contributed by atoms with Gasteiger partial charge in [0.05, 0.1) is 6.54 Å². The second-order valence-electron chi connectivity index (χ2n) is 5.67. The Kier molecular flexibility index (Phi) is 3.72. The number of rotatable bonds is 7. The molecule has 3 rings (SSSR count). The van der Waals surface area contributed by atoms with Crippen LogP contribution in [0.3, 0.4) is 0 Å². The zero-order chi connectivity index (χ0) is 13.8. The third kappa shape index (κ3) is 3.18. The van der Waals surface area contributed by atoms with Crippen molar-refractivity contribution in [2.24, 2.45) is 5.41 Å². The minimum absolute atomic E-state index is 0.330. The van der Waals surface area contributed by atoms with Gasteiger partial charge in [-0.3, -0.25) is 4.68 Å². The molecule has 1 heterocycles. The monoisotopic (exact) mass is 273 g/mol.